The number of ether oxygens (including phenoxy) is 1. The lowest BCUT2D eigenvalue weighted by Crippen LogP contribution is -2.38. The Hall–Kier alpha value is -3.06. The average molecular weight is 465 g/mol. The molecule has 0 saturated carbocycles. The number of carbonyl (C=O) groups excluding carboxylic acids is 2. The number of nitrogens with zero attached hydrogens (tertiary/aromatic N) is 3. The summed E-state index contributed by atoms with van der Waals surface area (Å²) in [6.07, 6.45) is 4.61. The maximum absolute atomic E-state index is 12.7. The van der Waals surface area contributed by atoms with E-state index in [9.17, 15) is 9.59 Å². The zero-order valence-corrected chi connectivity index (χ0v) is 20.2. The van der Waals surface area contributed by atoms with Gasteiger partial charge in [-0.1, -0.05) is 12.1 Å². The predicted molar refractivity (Wildman–Crippen MR) is 135 cm³/mol. The highest BCUT2D eigenvalue weighted by Crippen LogP contribution is 2.22. The molecular weight excluding hydrogens is 428 g/mol. The van der Waals surface area contributed by atoms with Gasteiger partial charge in [-0.05, 0) is 67.6 Å². The largest absolute Gasteiger partial charge is 0.497 e. The number of anilines is 2. The molecule has 34 heavy (non-hydrogen) atoms. The Morgan fingerprint density at radius 2 is 1.59 bits per heavy atom. The third-order valence-corrected chi connectivity index (χ3v) is 6.72. The first-order chi connectivity index (χ1) is 16.6. The van der Waals surface area contributed by atoms with Gasteiger partial charge >= 0.3 is 0 Å². The van der Waals surface area contributed by atoms with Crippen molar-refractivity contribution in [1.29, 1.82) is 0 Å². The van der Waals surface area contributed by atoms with Gasteiger partial charge in [0.25, 0.3) is 0 Å². The molecule has 182 valence electrons. The van der Waals surface area contributed by atoms with E-state index in [1.807, 2.05) is 41.3 Å². The molecule has 0 radical (unpaired) electrons. The lowest BCUT2D eigenvalue weighted by Gasteiger charge is -2.22. The van der Waals surface area contributed by atoms with Crippen molar-refractivity contribution in [3.8, 4) is 5.75 Å². The van der Waals surface area contributed by atoms with Crippen LogP contribution < -0.4 is 15.0 Å². The summed E-state index contributed by atoms with van der Waals surface area (Å²) in [5, 5.41) is 3.02. The summed E-state index contributed by atoms with van der Waals surface area (Å²) in [5.41, 5.74) is 3.19. The van der Waals surface area contributed by atoms with E-state index in [1.165, 1.54) is 18.5 Å². The Balaban J connectivity index is 1.19. The average Bonchev–Trinajstić information content (AvgIpc) is 3.30. The van der Waals surface area contributed by atoms with Crippen LogP contribution in [0.1, 0.15) is 31.2 Å². The number of aryl methyl sites for hydroxylation is 1. The van der Waals surface area contributed by atoms with E-state index in [1.54, 1.807) is 7.11 Å². The minimum atomic E-state index is -0.00629. The second-order valence-corrected chi connectivity index (χ2v) is 9.15. The Labute approximate surface area is 202 Å². The van der Waals surface area contributed by atoms with Gasteiger partial charge < -0.3 is 19.9 Å². The topological polar surface area (TPSA) is 65.1 Å². The van der Waals surface area contributed by atoms with Gasteiger partial charge in [0.05, 0.1) is 13.7 Å². The summed E-state index contributed by atoms with van der Waals surface area (Å²) in [4.78, 5) is 31.8. The first kappa shape index (κ1) is 24.1. The highest BCUT2D eigenvalue weighted by Gasteiger charge is 2.20. The van der Waals surface area contributed by atoms with E-state index >= 15 is 0 Å². The van der Waals surface area contributed by atoms with Crippen LogP contribution in [0.5, 0.6) is 5.75 Å². The highest BCUT2D eigenvalue weighted by atomic mass is 16.5. The van der Waals surface area contributed by atoms with Gasteiger partial charge in [-0.2, -0.15) is 0 Å². The third kappa shape index (κ3) is 6.73. The van der Waals surface area contributed by atoms with Gasteiger partial charge in [0.2, 0.25) is 11.8 Å². The zero-order chi connectivity index (χ0) is 23.8. The summed E-state index contributed by atoms with van der Waals surface area (Å²) in [7, 11) is 1.65. The van der Waals surface area contributed by atoms with Gasteiger partial charge in [-0.15, -0.1) is 0 Å². The molecule has 2 amide bonds. The van der Waals surface area contributed by atoms with Crippen molar-refractivity contribution in [2.75, 3.05) is 63.1 Å². The highest BCUT2D eigenvalue weighted by molar-refractivity contribution is 5.92. The van der Waals surface area contributed by atoms with E-state index in [0.717, 1.165) is 62.6 Å². The number of hydrogen-bond acceptors (Lipinski definition) is 5. The Kier molecular flexibility index (Phi) is 8.41. The molecule has 0 unspecified atom stereocenters. The monoisotopic (exact) mass is 464 g/mol. The number of hydrogen-bond donors (Lipinski definition) is 1. The smallest absolute Gasteiger partial charge is 0.238 e. The maximum atomic E-state index is 12.7. The van der Waals surface area contributed by atoms with Crippen molar-refractivity contribution >= 4 is 23.2 Å². The van der Waals surface area contributed by atoms with Crippen molar-refractivity contribution in [3.63, 3.8) is 0 Å². The van der Waals surface area contributed by atoms with E-state index in [4.69, 9.17) is 4.74 Å². The number of nitrogens with one attached hydrogen (secondary N) is 1. The van der Waals surface area contributed by atoms with E-state index in [-0.39, 0.29) is 11.8 Å². The lowest BCUT2D eigenvalue weighted by atomic mass is 10.1. The molecular formula is C27H36N4O3. The molecule has 1 N–H and O–H groups in total. The summed E-state index contributed by atoms with van der Waals surface area (Å²) < 4.78 is 5.19. The normalized spacial score (nSPS) is 16.9. The quantitative estimate of drug-likeness (QED) is 0.649. The molecule has 2 fully saturated rings. The fourth-order valence-corrected chi connectivity index (χ4v) is 4.71. The molecule has 7 nitrogen and oxygen atoms in total. The molecule has 2 heterocycles. The van der Waals surface area contributed by atoms with Crippen LogP contribution in [0, 0.1) is 0 Å². The van der Waals surface area contributed by atoms with Crippen LogP contribution >= 0.6 is 0 Å². The van der Waals surface area contributed by atoms with Crippen molar-refractivity contribution < 1.29 is 14.3 Å². The summed E-state index contributed by atoms with van der Waals surface area (Å²) >= 11 is 0. The van der Waals surface area contributed by atoms with Crippen molar-refractivity contribution in [2.24, 2.45) is 0 Å². The molecule has 0 spiro atoms. The molecule has 2 aliphatic rings. The third-order valence-electron chi connectivity index (χ3n) is 6.72. The fraction of sp³-hybridized carbons (Fsp3) is 0.481. The SMILES string of the molecule is COc1ccc(CCC(=O)N2CCCN(CC(=O)Nc3ccc(N4CCCC4)cc3)CC2)cc1. The number of carbonyl (C=O) groups is 2. The van der Waals surface area contributed by atoms with Crippen LogP contribution in [0.2, 0.25) is 0 Å². The Bertz CT molecular complexity index is 939. The second-order valence-electron chi connectivity index (χ2n) is 9.15. The fourth-order valence-electron chi connectivity index (χ4n) is 4.71. The Morgan fingerprint density at radius 3 is 2.29 bits per heavy atom. The van der Waals surface area contributed by atoms with Gasteiger partial charge in [0.15, 0.2) is 0 Å². The molecule has 7 heteroatoms. The molecule has 2 saturated heterocycles. The molecule has 0 aromatic heterocycles. The van der Waals surface area contributed by atoms with E-state index in [0.29, 0.717) is 19.5 Å². The van der Waals surface area contributed by atoms with Crippen LogP contribution in [0.25, 0.3) is 0 Å². The molecule has 0 atom stereocenters. The van der Waals surface area contributed by atoms with Crippen molar-refractivity contribution in [2.45, 2.75) is 32.1 Å². The molecule has 2 aliphatic heterocycles. The Morgan fingerprint density at radius 1 is 0.853 bits per heavy atom. The minimum absolute atomic E-state index is 0.00629. The van der Waals surface area contributed by atoms with Gasteiger partial charge in [-0.3, -0.25) is 14.5 Å². The summed E-state index contributed by atoms with van der Waals surface area (Å²) in [6.45, 7) is 5.53. The number of methoxy groups -OCH3 is 1. The molecule has 0 bridgehead atoms. The minimum Gasteiger partial charge on any atom is -0.497 e. The van der Waals surface area contributed by atoms with Crippen LogP contribution in [0.3, 0.4) is 0 Å². The zero-order valence-electron chi connectivity index (χ0n) is 20.2. The van der Waals surface area contributed by atoms with Crippen LogP contribution in [-0.4, -0.2) is 74.5 Å². The van der Waals surface area contributed by atoms with Crippen molar-refractivity contribution in [3.05, 3.63) is 54.1 Å². The van der Waals surface area contributed by atoms with E-state index < -0.39 is 0 Å². The van der Waals surface area contributed by atoms with Crippen LogP contribution in [0.4, 0.5) is 11.4 Å². The maximum Gasteiger partial charge on any atom is 0.238 e. The standard InChI is InChI=1S/C27H36N4O3/c1-34-25-12-5-22(6-13-25)7-14-27(33)31-18-4-15-29(19-20-31)21-26(32)28-23-8-10-24(11-9-23)30-16-2-3-17-30/h5-6,8-13H,2-4,7,14-21H2,1H3,(H,28,32). The van der Waals surface area contributed by atoms with Gasteiger partial charge in [0, 0.05) is 57.1 Å². The first-order valence-corrected chi connectivity index (χ1v) is 12.4. The molecule has 0 aliphatic carbocycles. The van der Waals surface area contributed by atoms with Gasteiger partial charge in [0.1, 0.15) is 5.75 Å². The predicted octanol–water partition coefficient (Wildman–Crippen LogP) is 3.40. The second kappa shape index (κ2) is 11.9. The summed E-state index contributed by atoms with van der Waals surface area (Å²) in [5.74, 6) is 0.999. The summed E-state index contributed by atoms with van der Waals surface area (Å²) in [6, 6.07) is 16.0. The number of amides is 2. The first-order valence-electron chi connectivity index (χ1n) is 12.4. The number of rotatable bonds is 8. The van der Waals surface area contributed by atoms with Gasteiger partial charge in [-0.25, -0.2) is 0 Å². The molecule has 2 aromatic rings. The van der Waals surface area contributed by atoms with Crippen molar-refractivity contribution in [1.82, 2.24) is 9.80 Å². The van der Waals surface area contributed by atoms with E-state index in [2.05, 4.69) is 27.2 Å². The molecule has 2 aromatic carbocycles. The lowest BCUT2D eigenvalue weighted by molar-refractivity contribution is -0.131. The molecule has 4 rings (SSSR count). The van der Waals surface area contributed by atoms with Crippen LogP contribution in [0.15, 0.2) is 48.5 Å². The number of benzene rings is 2. The van der Waals surface area contributed by atoms with Crippen LogP contribution in [-0.2, 0) is 16.0 Å².